The second kappa shape index (κ2) is 6.95. The average molecular weight is 360 g/mol. The van der Waals surface area contributed by atoms with Crippen LogP contribution in [0.15, 0.2) is 77.2 Å². The van der Waals surface area contributed by atoms with Crippen molar-refractivity contribution >= 4 is 22.6 Å². The minimum Gasteiger partial charge on any atom is -0.457 e. The lowest BCUT2D eigenvalue weighted by molar-refractivity contribution is 0.483. The molecule has 0 amide bonds. The molecule has 3 nitrogen and oxygen atoms in total. The van der Waals surface area contributed by atoms with Gasteiger partial charge in [-0.1, -0.05) is 35.9 Å². The van der Waals surface area contributed by atoms with Crippen LogP contribution < -0.4 is 4.74 Å². The third-order valence-corrected chi connectivity index (χ3v) is 4.31. The molecule has 0 unspecified atom stereocenters. The van der Waals surface area contributed by atoms with Gasteiger partial charge in [-0.25, -0.2) is 0 Å². The molecule has 0 bridgehead atoms. The van der Waals surface area contributed by atoms with Crippen molar-refractivity contribution in [2.45, 2.75) is 6.42 Å². The Labute approximate surface area is 156 Å². The van der Waals surface area contributed by atoms with Crippen LogP contribution in [0.4, 0.5) is 0 Å². The molecule has 4 aromatic rings. The quantitative estimate of drug-likeness (QED) is 0.411. The molecule has 1 aromatic heterocycles. The number of benzene rings is 3. The minimum absolute atomic E-state index is 0.409. The van der Waals surface area contributed by atoms with Gasteiger partial charge in [-0.3, -0.25) is 0 Å². The van der Waals surface area contributed by atoms with Crippen LogP contribution >= 0.6 is 11.6 Å². The SMILES string of the molecule is N#CCc1ccc(-c2cc3cc(Oc4ccc(Cl)cc4)ccc3o2)cc1. The van der Waals surface area contributed by atoms with Crippen LogP contribution in [0.1, 0.15) is 5.56 Å². The van der Waals surface area contributed by atoms with Crippen molar-refractivity contribution in [1.29, 1.82) is 5.26 Å². The number of hydrogen-bond acceptors (Lipinski definition) is 3. The zero-order chi connectivity index (χ0) is 17.9. The Hall–Kier alpha value is -3.22. The van der Waals surface area contributed by atoms with Crippen LogP contribution in [0.3, 0.4) is 0 Å². The van der Waals surface area contributed by atoms with Gasteiger partial charge in [0.1, 0.15) is 22.8 Å². The van der Waals surface area contributed by atoms with Crippen LogP contribution in [0, 0.1) is 11.3 Å². The van der Waals surface area contributed by atoms with Gasteiger partial charge in [0.2, 0.25) is 0 Å². The lowest BCUT2D eigenvalue weighted by Gasteiger charge is -2.05. The van der Waals surface area contributed by atoms with Gasteiger partial charge >= 0.3 is 0 Å². The van der Waals surface area contributed by atoms with Gasteiger partial charge in [0, 0.05) is 16.0 Å². The van der Waals surface area contributed by atoms with E-state index < -0.39 is 0 Å². The molecule has 1 heterocycles. The van der Waals surface area contributed by atoms with Gasteiger partial charge in [-0.05, 0) is 54.1 Å². The molecular weight excluding hydrogens is 346 g/mol. The number of fused-ring (bicyclic) bond motifs is 1. The van der Waals surface area contributed by atoms with E-state index in [-0.39, 0.29) is 0 Å². The molecule has 3 aromatic carbocycles. The summed E-state index contributed by atoms with van der Waals surface area (Å²) in [4.78, 5) is 0. The summed E-state index contributed by atoms with van der Waals surface area (Å²) in [6.45, 7) is 0. The summed E-state index contributed by atoms with van der Waals surface area (Å²) < 4.78 is 11.8. The van der Waals surface area contributed by atoms with Gasteiger partial charge in [0.05, 0.1) is 12.5 Å². The molecule has 0 spiro atoms. The van der Waals surface area contributed by atoms with Gasteiger partial charge in [0.25, 0.3) is 0 Å². The lowest BCUT2D eigenvalue weighted by Crippen LogP contribution is -1.82. The molecule has 0 N–H and O–H groups in total. The summed E-state index contributed by atoms with van der Waals surface area (Å²) in [7, 11) is 0. The molecule has 0 radical (unpaired) electrons. The molecule has 0 aliphatic carbocycles. The first kappa shape index (κ1) is 16.3. The summed E-state index contributed by atoms with van der Waals surface area (Å²) in [5, 5.41) is 10.4. The molecule has 0 saturated carbocycles. The molecule has 4 heteroatoms. The van der Waals surface area contributed by atoms with Crippen LogP contribution in [-0.2, 0) is 6.42 Å². The highest BCUT2D eigenvalue weighted by atomic mass is 35.5. The number of halogens is 1. The van der Waals surface area contributed by atoms with Crippen molar-refractivity contribution in [3.63, 3.8) is 0 Å². The summed E-state index contributed by atoms with van der Waals surface area (Å²) in [6.07, 6.45) is 0.409. The summed E-state index contributed by atoms with van der Waals surface area (Å²) in [5.74, 6) is 2.24. The van der Waals surface area contributed by atoms with Crippen LogP contribution in [0.5, 0.6) is 11.5 Å². The second-order valence-corrected chi connectivity index (χ2v) is 6.33. The van der Waals surface area contributed by atoms with Crippen molar-refractivity contribution in [3.05, 3.63) is 83.4 Å². The van der Waals surface area contributed by atoms with E-state index in [1.54, 1.807) is 12.1 Å². The van der Waals surface area contributed by atoms with Gasteiger partial charge < -0.3 is 9.15 Å². The number of rotatable bonds is 4. The van der Waals surface area contributed by atoms with E-state index in [1.165, 1.54) is 0 Å². The second-order valence-electron chi connectivity index (χ2n) is 5.90. The zero-order valence-electron chi connectivity index (χ0n) is 13.8. The van der Waals surface area contributed by atoms with Crippen molar-refractivity contribution < 1.29 is 9.15 Å². The van der Waals surface area contributed by atoms with Crippen molar-refractivity contribution in [1.82, 2.24) is 0 Å². The Morgan fingerprint density at radius 3 is 2.35 bits per heavy atom. The first-order chi connectivity index (χ1) is 12.7. The standard InChI is InChI=1S/C22H14ClNO2/c23-18-5-7-19(8-6-18)25-20-9-10-21-17(13-20)14-22(26-21)16-3-1-15(2-4-16)11-12-24/h1-10,13-14H,11H2. The maximum Gasteiger partial charge on any atom is 0.135 e. The van der Waals surface area contributed by atoms with Crippen LogP contribution in [0.25, 0.3) is 22.3 Å². The highest BCUT2D eigenvalue weighted by Gasteiger charge is 2.08. The molecule has 0 aliphatic rings. The number of hydrogen-bond donors (Lipinski definition) is 0. The largest absolute Gasteiger partial charge is 0.457 e. The van der Waals surface area contributed by atoms with Gasteiger partial charge in [0.15, 0.2) is 0 Å². The fraction of sp³-hybridized carbons (Fsp3) is 0.0455. The fourth-order valence-electron chi connectivity index (χ4n) is 2.74. The predicted octanol–water partition coefficient (Wildman–Crippen LogP) is 6.61. The molecule has 4 rings (SSSR count). The highest BCUT2D eigenvalue weighted by Crippen LogP contribution is 2.32. The van der Waals surface area contributed by atoms with E-state index in [9.17, 15) is 0 Å². The minimum atomic E-state index is 0.409. The Morgan fingerprint density at radius 2 is 1.62 bits per heavy atom. The highest BCUT2D eigenvalue weighted by molar-refractivity contribution is 6.30. The third-order valence-electron chi connectivity index (χ3n) is 4.06. The number of furan rings is 1. The molecule has 0 atom stereocenters. The van der Waals surface area contributed by atoms with E-state index >= 15 is 0 Å². The van der Waals surface area contributed by atoms with Crippen LogP contribution in [-0.4, -0.2) is 0 Å². The van der Waals surface area contributed by atoms with E-state index in [4.69, 9.17) is 26.0 Å². The van der Waals surface area contributed by atoms with Crippen molar-refractivity contribution in [3.8, 4) is 28.9 Å². The summed E-state index contributed by atoms with van der Waals surface area (Å²) in [6, 6.07) is 24.9. The zero-order valence-corrected chi connectivity index (χ0v) is 14.5. The van der Waals surface area contributed by atoms with Crippen molar-refractivity contribution in [2.24, 2.45) is 0 Å². The fourth-order valence-corrected chi connectivity index (χ4v) is 2.87. The van der Waals surface area contributed by atoms with E-state index in [1.807, 2.05) is 60.7 Å². The first-order valence-electron chi connectivity index (χ1n) is 8.14. The maximum atomic E-state index is 8.76. The van der Waals surface area contributed by atoms with E-state index in [2.05, 4.69) is 6.07 Å². The monoisotopic (exact) mass is 359 g/mol. The molecule has 0 aliphatic heterocycles. The molecule has 126 valence electrons. The average Bonchev–Trinajstić information content (AvgIpc) is 3.08. The molecular formula is C22H14ClNO2. The van der Waals surface area contributed by atoms with E-state index in [0.29, 0.717) is 11.4 Å². The third kappa shape index (κ3) is 3.42. The van der Waals surface area contributed by atoms with Gasteiger partial charge in [-0.15, -0.1) is 0 Å². The number of nitrogens with zero attached hydrogens (tertiary/aromatic N) is 1. The smallest absolute Gasteiger partial charge is 0.135 e. The number of ether oxygens (including phenoxy) is 1. The summed E-state index contributed by atoms with van der Waals surface area (Å²) in [5.41, 5.74) is 2.76. The summed E-state index contributed by atoms with van der Waals surface area (Å²) >= 11 is 5.90. The van der Waals surface area contributed by atoms with Crippen LogP contribution in [0.2, 0.25) is 5.02 Å². The molecule has 0 fully saturated rings. The normalized spacial score (nSPS) is 10.6. The molecule has 26 heavy (non-hydrogen) atoms. The number of nitriles is 1. The first-order valence-corrected chi connectivity index (χ1v) is 8.52. The molecule has 0 saturated heterocycles. The van der Waals surface area contributed by atoms with Crippen molar-refractivity contribution in [2.75, 3.05) is 0 Å². The predicted molar refractivity (Wildman–Crippen MR) is 102 cm³/mol. The van der Waals surface area contributed by atoms with Gasteiger partial charge in [-0.2, -0.15) is 5.26 Å². The Kier molecular flexibility index (Phi) is 4.35. The maximum absolute atomic E-state index is 8.76. The Morgan fingerprint density at radius 1 is 0.885 bits per heavy atom. The topological polar surface area (TPSA) is 46.2 Å². The Bertz CT molecular complexity index is 1090. The van der Waals surface area contributed by atoms with E-state index in [0.717, 1.165) is 39.4 Å². The Balaban J connectivity index is 1.61. The lowest BCUT2D eigenvalue weighted by atomic mass is 10.1.